The molecule has 1 N–H and O–H groups in total. The van der Waals surface area contributed by atoms with Crippen molar-refractivity contribution in [2.24, 2.45) is 0 Å². The largest absolute Gasteiger partial charge is 0.469 e. The molecule has 1 amide bonds. The fourth-order valence-electron chi connectivity index (χ4n) is 4.20. The molecule has 5 aromatic rings. The molecule has 35 heavy (non-hydrogen) atoms. The lowest BCUT2D eigenvalue weighted by Crippen LogP contribution is -2.29. The third-order valence-corrected chi connectivity index (χ3v) is 7.16. The van der Waals surface area contributed by atoms with Gasteiger partial charge in [-0.2, -0.15) is 4.98 Å². The van der Waals surface area contributed by atoms with Crippen molar-refractivity contribution < 1.29 is 13.6 Å². The molecule has 0 radical (unpaired) electrons. The van der Waals surface area contributed by atoms with E-state index in [2.05, 4.69) is 20.4 Å². The molecule has 6 rings (SSSR count). The predicted molar refractivity (Wildman–Crippen MR) is 134 cm³/mol. The van der Waals surface area contributed by atoms with Crippen molar-refractivity contribution in [1.82, 2.24) is 20.2 Å². The number of nitrogens with one attached hydrogen (secondary N) is 1. The van der Waals surface area contributed by atoms with Crippen molar-refractivity contribution in [3.05, 3.63) is 60.1 Å². The molecule has 0 saturated carbocycles. The summed E-state index contributed by atoms with van der Waals surface area (Å²) in [6.07, 6.45) is 5.06. The minimum absolute atomic E-state index is 0.0117. The first kappa shape index (κ1) is 21.5. The van der Waals surface area contributed by atoms with E-state index in [0.29, 0.717) is 28.2 Å². The zero-order chi connectivity index (χ0) is 23.8. The summed E-state index contributed by atoms with van der Waals surface area (Å²) in [6.45, 7) is 3.73. The zero-order valence-corrected chi connectivity index (χ0v) is 19.8. The summed E-state index contributed by atoms with van der Waals surface area (Å²) in [6, 6.07) is 13.3. The van der Waals surface area contributed by atoms with Crippen LogP contribution in [0.5, 0.6) is 0 Å². The van der Waals surface area contributed by atoms with Crippen molar-refractivity contribution in [1.29, 1.82) is 0 Å². The molecule has 5 heterocycles. The van der Waals surface area contributed by atoms with Crippen LogP contribution >= 0.6 is 11.3 Å². The van der Waals surface area contributed by atoms with Gasteiger partial charge in [0.2, 0.25) is 0 Å². The Hall–Kier alpha value is -4.05. The third-order valence-electron chi connectivity index (χ3n) is 6.03. The van der Waals surface area contributed by atoms with E-state index in [0.717, 1.165) is 41.3 Å². The van der Waals surface area contributed by atoms with Crippen LogP contribution in [0.3, 0.4) is 0 Å². The van der Waals surface area contributed by atoms with Crippen LogP contribution in [0, 0.1) is 6.92 Å². The molecule has 1 aromatic carbocycles. The first-order chi connectivity index (χ1) is 17.2. The number of carbonyl (C=O) groups is 1. The lowest BCUT2D eigenvalue weighted by Gasteiger charge is -2.25. The number of amides is 1. The number of anilines is 2. The number of pyridine rings is 1. The fourth-order valence-corrected chi connectivity index (χ4v) is 5.27. The fraction of sp³-hybridized carbons (Fsp3) is 0.240. The molecule has 4 aromatic heterocycles. The molecule has 176 valence electrons. The van der Waals surface area contributed by atoms with E-state index in [-0.39, 0.29) is 17.8 Å². The maximum atomic E-state index is 13.4. The van der Waals surface area contributed by atoms with Crippen molar-refractivity contribution >= 4 is 38.7 Å². The average molecular weight is 487 g/mol. The first-order valence-corrected chi connectivity index (χ1v) is 12.3. The van der Waals surface area contributed by atoms with Gasteiger partial charge in [0.25, 0.3) is 11.8 Å². The van der Waals surface area contributed by atoms with Gasteiger partial charge >= 0.3 is 6.01 Å². The Labute approximate surface area is 204 Å². The van der Waals surface area contributed by atoms with Crippen LogP contribution < -0.4 is 10.2 Å². The van der Waals surface area contributed by atoms with Crippen LogP contribution in [0.25, 0.3) is 33.1 Å². The molecule has 0 spiro atoms. The number of hydrogen-bond acceptors (Lipinski definition) is 9. The van der Waals surface area contributed by atoms with Gasteiger partial charge < -0.3 is 13.7 Å². The number of hydrogen-bond donors (Lipinski definition) is 1. The predicted octanol–water partition coefficient (Wildman–Crippen LogP) is 5.55. The molecule has 1 fully saturated rings. The number of carbonyl (C=O) groups excluding carboxylic acids is 1. The Kier molecular flexibility index (Phi) is 5.49. The average Bonchev–Trinajstić information content (AvgIpc) is 3.64. The number of piperidine rings is 1. The lowest BCUT2D eigenvalue weighted by atomic mass is 10.1. The summed E-state index contributed by atoms with van der Waals surface area (Å²) in [5, 5.41) is 11.7. The molecule has 0 unspecified atom stereocenters. The monoisotopic (exact) mass is 486 g/mol. The Morgan fingerprint density at radius 3 is 2.66 bits per heavy atom. The number of nitrogens with zero attached hydrogens (tertiary/aromatic N) is 5. The molecular formula is C25H22N6O3S. The minimum atomic E-state index is -0.359. The minimum Gasteiger partial charge on any atom is -0.469 e. The van der Waals surface area contributed by atoms with Crippen molar-refractivity contribution in [3.63, 3.8) is 0 Å². The Balaban J connectivity index is 1.38. The number of fused-ring (bicyclic) bond motifs is 1. The molecule has 1 aliphatic rings. The molecule has 1 saturated heterocycles. The number of furan rings is 1. The highest BCUT2D eigenvalue weighted by molar-refractivity contribution is 7.22. The van der Waals surface area contributed by atoms with Gasteiger partial charge in [-0.3, -0.25) is 10.1 Å². The summed E-state index contributed by atoms with van der Waals surface area (Å²) in [4.78, 5) is 25.3. The second-order valence-corrected chi connectivity index (χ2v) is 9.35. The summed E-state index contributed by atoms with van der Waals surface area (Å²) < 4.78 is 11.7. The van der Waals surface area contributed by atoms with Crippen molar-refractivity contribution in [3.8, 4) is 22.7 Å². The van der Waals surface area contributed by atoms with E-state index in [1.165, 1.54) is 17.8 Å². The van der Waals surface area contributed by atoms with E-state index in [1.54, 1.807) is 25.3 Å². The van der Waals surface area contributed by atoms with Gasteiger partial charge in [0.1, 0.15) is 5.76 Å². The smallest absolute Gasteiger partial charge is 0.322 e. The van der Waals surface area contributed by atoms with Gasteiger partial charge in [0.05, 0.1) is 27.8 Å². The molecule has 10 heteroatoms. The van der Waals surface area contributed by atoms with Crippen LogP contribution in [-0.2, 0) is 0 Å². The van der Waals surface area contributed by atoms with E-state index >= 15 is 0 Å². The van der Waals surface area contributed by atoms with Crippen LogP contribution in [0.4, 0.5) is 11.1 Å². The van der Waals surface area contributed by atoms with Gasteiger partial charge in [0.15, 0.2) is 10.8 Å². The maximum Gasteiger partial charge on any atom is 0.322 e. The second-order valence-electron chi connectivity index (χ2n) is 8.37. The molecular weight excluding hydrogens is 464 g/mol. The summed E-state index contributed by atoms with van der Waals surface area (Å²) >= 11 is 1.49. The van der Waals surface area contributed by atoms with Crippen molar-refractivity contribution in [2.75, 3.05) is 23.3 Å². The van der Waals surface area contributed by atoms with Gasteiger partial charge in [0, 0.05) is 18.7 Å². The Morgan fingerprint density at radius 2 is 1.89 bits per heavy atom. The lowest BCUT2D eigenvalue weighted by molar-refractivity contribution is 0.102. The Bertz CT molecular complexity index is 1500. The summed E-state index contributed by atoms with van der Waals surface area (Å²) in [7, 11) is 0. The maximum absolute atomic E-state index is 13.4. The van der Waals surface area contributed by atoms with Crippen LogP contribution in [0.2, 0.25) is 0 Å². The SMILES string of the molecule is Cc1occc1-c1nnc(NC(=O)c2cc(-c3ccccc3)nc3nc(N4CCCCC4)sc23)o1. The van der Waals surface area contributed by atoms with E-state index in [1.807, 2.05) is 30.3 Å². The van der Waals surface area contributed by atoms with Gasteiger partial charge in [-0.1, -0.05) is 46.8 Å². The van der Waals surface area contributed by atoms with Gasteiger partial charge in [-0.15, -0.1) is 5.10 Å². The highest BCUT2D eigenvalue weighted by Crippen LogP contribution is 2.34. The molecule has 0 atom stereocenters. The van der Waals surface area contributed by atoms with Crippen LogP contribution in [0.1, 0.15) is 35.4 Å². The van der Waals surface area contributed by atoms with Crippen LogP contribution in [0.15, 0.2) is 57.6 Å². The normalized spacial score (nSPS) is 13.9. The molecule has 0 bridgehead atoms. The van der Waals surface area contributed by atoms with Crippen LogP contribution in [-0.4, -0.2) is 39.2 Å². The Morgan fingerprint density at radius 1 is 1.06 bits per heavy atom. The standard InChI is InChI=1S/C25H22N6O3S/c1-15-17(10-13-33-15)23-29-30-24(34-23)28-22(32)18-14-19(16-8-4-2-5-9-16)26-21-20(18)35-25(27-21)31-11-6-3-7-12-31/h2,4-5,8-10,13-14H,3,6-7,11-12H2,1H3,(H,28,30,32). The number of benzene rings is 1. The molecule has 0 aliphatic carbocycles. The van der Waals surface area contributed by atoms with E-state index in [4.69, 9.17) is 18.8 Å². The number of rotatable bonds is 5. The number of aryl methyl sites for hydroxylation is 1. The highest BCUT2D eigenvalue weighted by Gasteiger charge is 2.23. The first-order valence-electron chi connectivity index (χ1n) is 11.5. The van der Waals surface area contributed by atoms with E-state index in [9.17, 15) is 4.79 Å². The summed E-state index contributed by atoms with van der Waals surface area (Å²) in [5.74, 6) is 0.578. The quantitative estimate of drug-likeness (QED) is 0.344. The number of aromatic nitrogens is 4. The molecule has 9 nitrogen and oxygen atoms in total. The summed E-state index contributed by atoms with van der Waals surface area (Å²) in [5.41, 5.74) is 3.30. The second kappa shape index (κ2) is 8.95. The van der Waals surface area contributed by atoms with Gasteiger partial charge in [-0.25, -0.2) is 4.98 Å². The topological polar surface area (TPSA) is 110 Å². The zero-order valence-electron chi connectivity index (χ0n) is 19.0. The number of thiazole rings is 1. The van der Waals surface area contributed by atoms with E-state index < -0.39 is 0 Å². The molecule has 1 aliphatic heterocycles. The highest BCUT2D eigenvalue weighted by atomic mass is 32.1. The van der Waals surface area contributed by atoms with Gasteiger partial charge in [-0.05, 0) is 38.3 Å². The third kappa shape index (κ3) is 4.17. The van der Waals surface area contributed by atoms with Crippen molar-refractivity contribution in [2.45, 2.75) is 26.2 Å².